The van der Waals surface area contributed by atoms with Gasteiger partial charge in [-0.2, -0.15) is 0 Å². The van der Waals surface area contributed by atoms with Crippen LogP contribution in [0.25, 0.3) is 5.76 Å². The van der Waals surface area contributed by atoms with E-state index in [4.69, 9.17) is 5.73 Å². The van der Waals surface area contributed by atoms with Crippen LogP contribution in [-0.4, -0.2) is 73.6 Å². The molecule has 0 saturated heterocycles. The Hall–Kier alpha value is -3.21. The van der Waals surface area contributed by atoms with E-state index in [0.717, 1.165) is 0 Å². The summed E-state index contributed by atoms with van der Waals surface area (Å²) < 4.78 is 0. The largest absolute Gasteiger partial charge is 0.508 e. The summed E-state index contributed by atoms with van der Waals surface area (Å²) in [4.78, 5) is 39.7. The summed E-state index contributed by atoms with van der Waals surface area (Å²) in [5.41, 5.74) is 1.26. The summed E-state index contributed by atoms with van der Waals surface area (Å²) in [6, 6.07) is 3.01. The van der Waals surface area contributed by atoms with Crippen LogP contribution in [0.3, 0.4) is 0 Å². The number of rotatable bonds is 2. The van der Waals surface area contributed by atoms with Crippen LogP contribution in [0, 0.1) is 11.8 Å². The number of carbonyl (C=O) groups is 3. The number of benzene rings is 1. The Morgan fingerprint density at radius 2 is 1.84 bits per heavy atom. The van der Waals surface area contributed by atoms with Crippen LogP contribution in [0.5, 0.6) is 5.75 Å². The van der Waals surface area contributed by atoms with E-state index in [0.29, 0.717) is 0 Å². The zero-order valence-electron chi connectivity index (χ0n) is 16.7. The minimum atomic E-state index is -2.73. The predicted octanol–water partition coefficient (Wildman–Crippen LogP) is -0.545. The fraction of sp³-hybridized carbons (Fsp3) is 0.381. The van der Waals surface area contributed by atoms with Crippen LogP contribution in [0.2, 0.25) is 0 Å². The highest BCUT2D eigenvalue weighted by Crippen LogP contribution is 2.55. The molecule has 10 heteroatoms. The summed E-state index contributed by atoms with van der Waals surface area (Å²) >= 11 is 0. The van der Waals surface area contributed by atoms with E-state index in [1.54, 1.807) is 0 Å². The molecule has 3 aliphatic carbocycles. The van der Waals surface area contributed by atoms with E-state index in [2.05, 4.69) is 0 Å². The lowest BCUT2D eigenvalue weighted by Crippen LogP contribution is -2.66. The first-order chi connectivity index (χ1) is 14.4. The molecule has 0 heterocycles. The summed E-state index contributed by atoms with van der Waals surface area (Å²) in [5, 5.41) is 54.1. The summed E-state index contributed by atoms with van der Waals surface area (Å²) in [7, 11) is 3.00. The number of primary amides is 1. The first-order valence-corrected chi connectivity index (χ1v) is 9.59. The van der Waals surface area contributed by atoms with Gasteiger partial charge in [0.25, 0.3) is 5.91 Å². The number of aliphatic hydroxyl groups is 4. The second-order valence-corrected chi connectivity index (χ2v) is 8.35. The monoisotopic (exact) mass is 430 g/mol. The molecule has 0 aliphatic heterocycles. The number of carbonyl (C=O) groups excluding carboxylic acids is 3. The highest BCUT2D eigenvalue weighted by Gasteiger charge is 2.65. The van der Waals surface area contributed by atoms with Crippen molar-refractivity contribution in [3.63, 3.8) is 0 Å². The van der Waals surface area contributed by atoms with Crippen molar-refractivity contribution in [3.8, 4) is 5.75 Å². The third-order valence-electron chi connectivity index (χ3n) is 6.57. The van der Waals surface area contributed by atoms with Crippen LogP contribution in [0.1, 0.15) is 23.7 Å². The quantitative estimate of drug-likeness (QED) is 0.336. The van der Waals surface area contributed by atoms with Crippen LogP contribution in [0.15, 0.2) is 35.1 Å². The third-order valence-corrected chi connectivity index (χ3v) is 6.57. The van der Waals surface area contributed by atoms with Gasteiger partial charge in [-0.05, 0) is 32.1 Å². The van der Waals surface area contributed by atoms with Crippen molar-refractivity contribution in [1.29, 1.82) is 0 Å². The van der Waals surface area contributed by atoms with Gasteiger partial charge in [-0.3, -0.25) is 19.3 Å². The van der Waals surface area contributed by atoms with E-state index < -0.39 is 69.7 Å². The molecule has 31 heavy (non-hydrogen) atoms. The number of aliphatic hydroxyl groups excluding tert-OH is 3. The van der Waals surface area contributed by atoms with E-state index >= 15 is 0 Å². The average molecular weight is 430 g/mol. The van der Waals surface area contributed by atoms with E-state index in [9.17, 15) is 39.9 Å². The van der Waals surface area contributed by atoms with Crippen molar-refractivity contribution < 1.29 is 39.9 Å². The standard InChI is InChI=1S/C21H22N2O8/c1-23(2)14-9-6-8-12(16(26)11-7(15(8)25)4-3-5-10(11)24)18(28)21(9,31)19(29)13(17(14)27)20(22)30/h3-5,8-9,14-15,24-26,29,31H,6H2,1-2H3,(H2,22,30)/t8?,9-,14?,15-,21-/m1/s1. The number of aromatic hydroxyl groups is 1. The highest BCUT2D eigenvalue weighted by molar-refractivity contribution is 6.24. The molecule has 0 spiro atoms. The van der Waals surface area contributed by atoms with Crippen molar-refractivity contribution >= 4 is 23.2 Å². The van der Waals surface area contributed by atoms with E-state index in [1.165, 1.54) is 37.2 Å². The van der Waals surface area contributed by atoms with Gasteiger partial charge < -0.3 is 31.3 Å². The Bertz CT molecular complexity index is 1100. The molecule has 1 saturated carbocycles. The number of fused-ring (bicyclic) bond motifs is 3. The molecule has 1 aromatic rings. The van der Waals surface area contributed by atoms with Gasteiger partial charge in [0, 0.05) is 17.4 Å². The van der Waals surface area contributed by atoms with Gasteiger partial charge in [0.05, 0.1) is 17.7 Å². The second kappa shape index (κ2) is 6.64. The fourth-order valence-corrected chi connectivity index (χ4v) is 5.20. The Balaban J connectivity index is 2.01. The van der Waals surface area contributed by atoms with Gasteiger partial charge in [-0.25, -0.2) is 0 Å². The zero-order chi connectivity index (χ0) is 23.0. The Kier molecular flexibility index (Phi) is 4.51. The number of phenols is 1. The molecule has 164 valence electrons. The summed E-state index contributed by atoms with van der Waals surface area (Å²) in [6.07, 6.45) is -1.51. The smallest absolute Gasteiger partial charge is 0.255 e. The molecular weight excluding hydrogens is 408 g/mol. The van der Waals surface area contributed by atoms with E-state index in [1.807, 2.05) is 0 Å². The minimum absolute atomic E-state index is 0.161. The molecular formula is C21H22N2O8. The number of hydrogen-bond acceptors (Lipinski definition) is 9. The number of nitrogens with two attached hydrogens (primary N) is 1. The lowest BCUT2D eigenvalue weighted by atomic mass is 9.57. The average Bonchev–Trinajstić information content (AvgIpc) is 2.68. The maximum absolute atomic E-state index is 13.5. The number of ketones is 2. The van der Waals surface area contributed by atoms with Crippen molar-refractivity contribution in [2.75, 3.05) is 14.1 Å². The van der Waals surface area contributed by atoms with Crippen LogP contribution in [0.4, 0.5) is 0 Å². The van der Waals surface area contributed by atoms with Gasteiger partial charge in [0.1, 0.15) is 22.8 Å². The highest BCUT2D eigenvalue weighted by atomic mass is 16.3. The molecule has 0 bridgehead atoms. The summed E-state index contributed by atoms with van der Waals surface area (Å²) in [6.45, 7) is 0. The first-order valence-electron chi connectivity index (χ1n) is 9.59. The molecule has 3 aliphatic rings. The zero-order valence-corrected chi connectivity index (χ0v) is 16.7. The summed E-state index contributed by atoms with van der Waals surface area (Å²) in [5.74, 6) is -7.79. The predicted molar refractivity (Wildman–Crippen MR) is 106 cm³/mol. The number of likely N-dealkylation sites (N-methyl/N-ethyl adjacent to an activating group) is 1. The number of nitrogens with zero attached hydrogens (tertiary/aromatic N) is 1. The van der Waals surface area contributed by atoms with Gasteiger partial charge in [-0.1, -0.05) is 12.1 Å². The number of amides is 1. The molecule has 5 atom stereocenters. The lowest BCUT2D eigenvalue weighted by molar-refractivity contribution is -0.155. The third kappa shape index (κ3) is 2.52. The van der Waals surface area contributed by atoms with Crippen LogP contribution in [-0.2, 0) is 14.4 Å². The van der Waals surface area contributed by atoms with Crippen molar-refractivity contribution in [3.05, 3.63) is 46.2 Å². The van der Waals surface area contributed by atoms with Gasteiger partial charge >= 0.3 is 0 Å². The molecule has 0 aromatic heterocycles. The Morgan fingerprint density at radius 1 is 1.19 bits per heavy atom. The topological polar surface area (TPSA) is 182 Å². The second-order valence-electron chi connectivity index (χ2n) is 8.35. The molecule has 1 amide bonds. The van der Waals surface area contributed by atoms with Crippen molar-refractivity contribution in [2.24, 2.45) is 17.6 Å². The van der Waals surface area contributed by atoms with Gasteiger partial charge in [-0.15, -0.1) is 0 Å². The van der Waals surface area contributed by atoms with E-state index in [-0.39, 0.29) is 23.3 Å². The number of Topliss-reactive ketones (excluding diaryl/α,β-unsaturated/α-hetero) is 2. The molecule has 2 unspecified atom stereocenters. The molecule has 0 radical (unpaired) electrons. The SMILES string of the molecule is CN(C)C1C(=O)C(C(N)=O)=C(O)[C@]2(O)C(=O)C3=C(O)c4c(O)cccc4[C@@H](O)C3C[C@H]12. The number of hydrogen-bond donors (Lipinski definition) is 6. The van der Waals surface area contributed by atoms with Crippen molar-refractivity contribution in [2.45, 2.75) is 24.2 Å². The van der Waals surface area contributed by atoms with Gasteiger partial charge in [0.2, 0.25) is 5.78 Å². The maximum Gasteiger partial charge on any atom is 0.255 e. The molecule has 4 rings (SSSR count). The van der Waals surface area contributed by atoms with Gasteiger partial charge in [0.15, 0.2) is 11.4 Å². The van der Waals surface area contributed by atoms with Crippen molar-refractivity contribution in [1.82, 2.24) is 4.90 Å². The molecule has 7 N–H and O–H groups in total. The van der Waals surface area contributed by atoms with Crippen LogP contribution >= 0.6 is 0 Å². The maximum atomic E-state index is 13.5. The first kappa shape index (κ1) is 21.0. The molecule has 10 nitrogen and oxygen atoms in total. The molecule has 1 fully saturated rings. The number of phenolic OH excluding ortho intramolecular Hbond substituents is 1. The Morgan fingerprint density at radius 3 is 2.42 bits per heavy atom. The minimum Gasteiger partial charge on any atom is -0.508 e. The lowest BCUT2D eigenvalue weighted by Gasteiger charge is -2.51. The fourth-order valence-electron chi connectivity index (χ4n) is 5.20. The normalized spacial score (nSPS) is 32.7. The molecule has 1 aromatic carbocycles. The Labute approximate surface area is 176 Å². The van der Waals surface area contributed by atoms with Crippen LogP contribution < -0.4 is 5.73 Å².